The summed E-state index contributed by atoms with van der Waals surface area (Å²) in [5, 5.41) is 2.60. The van der Waals surface area contributed by atoms with Crippen molar-refractivity contribution >= 4 is 29.3 Å². The Bertz CT molecular complexity index is 556. The minimum absolute atomic E-state index is 0.0349. The van der Waals surface area contributed by atoms with Crippen LogP contribution in [-0.2, 0) is 9.53 Å². The van der Waals surface area contributed by atoms with Crippen molar-refractivity contribution in [3.8, 4) is 0 Å². The minimum Gasteiger partial charge on any atom is -0.469 e. The Kier molecular flexibility index (Phi) is 4.77. The Morgan fingerprint density at radius 3 is 2.71 bits per heavy atom. The molecule has 1 aromatic carbocycles. The van der Waals surface area contributed by atoms with Crippen molar-refractivity contribution in [3.63, 3.8) is 0 Å². The van der Waals surface area contributed by atoms with Crippen molar-refractivity contribution in [2.45, 2.75) is 24.2 Å². The second kappa shape index (κ2) is 6.39. The highest BCUT2D eigenvalue weighted by Gasteiger charge is 2.44. The number of rotatable bonds is 6. The van der Waals surface area contributed by atoms with E-state index in [0.29, 0.717) is 17.7 Å². The molecule has 0 unspecified atom stereocenters. The lowest BCUT2D eigenvalue weighted by molar-refractivity contribution is -0.141. The highest BCUT2D eigenvalue weighted by atomic mass is 32.2. The summed E-state index contributed by atoms with van der Waals surface area (Å²) in [4.78, 5) is 24.0. The van der Waals surface area contributed by atoms with E-state index in [1.165, 1.54) is 7.11 Å². The molecule has 114 valence electrons. The number of hydrogen-bond donors (Lipinski definition) is 2. The van der Waals surface area contributed by atoms with Crippen molar-refractivity contribution < 1.29 is 14.3 Å². The van der Waals surface area contributed by atoms with Crippen molar-refractivity contribution in [1.82, 2.24) is 5.32 Å². The number of thioether (sulfide) groups is 1. The number of methoxy groups -OCH3 is 1. The monoisotopic (exact) mass is 308 g/mol. The molecule has 0 spiro atoms. The van der Waals surface area contributed by atoms with Crippen LogP contribution < -0.4 is 11.1 Å². The zero-order chi connectivity index (χ0) is 15.5. The standard InChI is InChI=1S/C15H20N2O3S/c1-17-14(19)10-3-4-11(16)12(7-10)21-9-15(5-6-15)8-13(18)20-2/h3-4,7H,5-6,8-9,16H2,1-2H3,(H,17,19). The van der Waals surface area contributed by atoms with Gasteiger partial charge < -0.3 is 15.8 Å². The summed E-state index contributed by atoms with van der Waals surface area (Å²) in [6.45, 7) is 0. The van der Waals surface area contributed by atoms with Gasteiger partial charge >= 0.3 is 5.97 Å². The van der Waals surface area contributed by atoms with E-state index >= 15 is 0 Å². The van der Waals surface area contributed by atoms with Gasteiger partial charge in [-0.25, -0.2) is 0 Å². The Morgan fingerprint density at radius 1 is 1.43 bits per heavy atom. The summed E-state index contributed by atoms with van der Waals surface area (Å²) in [5.41, 5.74) is 7.24. The molecule has 6 heteroatoms. The molecule has 1 aromatic rings. The number of ether oxygens (including phenoxy) is 1. The van der Waals surface area contributed by atoms with Gasteiger partial charge in [0.25, 0.3) is 5.91 Å². The summed E-state index contributed by atoms with van der Waals surface area (Å²) in [5.74, 6) is 0.511. The first-order valence-electron chi connectivity index (χ1n) is 6.81. The molecule has 0 atom stereocenters. The predicted octanol–water partition coefficient (Wildman–Crippen LogP) is 2.06. The Labute approximate surface area is 128 Å². The summed E-state index contributed by atoms with van der Waals surface area (Å²) < 4.78 is 4.74. The van der Waals surface area contributed by atoms with Crippen LogP contribution in [0.4, 0.5) is 5.69 Å². The summed E-state index contributed by atoms with van der Waals surface area (Å²) >= 11 is 1.60. The topological polar surface area (TPSA) is 81.4 Å². The van der Waals surface area contributed by atoms with E-state index < -0.39 is 0 Å². The van der Waals surface area contributed by atoms with Crippen LogP contribution in [0.25, 0.3) is 0 Å². The van der Waals surface area contributed by atoms with Crippen molar-refractivity contribution in [2.75, 3.05) is 25.6 Å². The van der Waals surface area contributed by atoms with Crippen molar-refractivity contribution in [3.05, 3.63) is 23.8 Å². The van der Waals surface area contributed by atoms with E-state index in [2.05, 4.69) is 5.32 Å². The highest BCUT2D eigenvalue weighted by molar-refractivity contribution is 7.99. The summed E-state index contributed by atoms with van der Waals surface area (Å²) in [7, 11) is 3.01. The summed E-state index contributed by atoms with van der Waals surface area (Å²) in [6, 6.07) is 5.25. The number of hydrogen-bond acceptors (Lipinski definition) is 5. The third-order valence-corrected chi connectivity index (χ3v) is 5.16. The fourth-order valence-corrected chi connectivity index (χ4v) is 3.40. The largest absolute Gasteiger partial charge is 0.469 e. The number of carbonyl (C=O) groups is 2. The molecule has 1 aliphatic carbocycles. The lowest BCUT2D eigenvalue weighted by Crippen LogP contribution is -2.18. The molecule has 21 heavy (non-hydrogen) atoms. The SMILES string of the molecule is CNC(=O)c1ccc(N)c(SCC2(CC(=O)OC)CC2)c1. The van der Waals surface area contributed by atoms with Crippen LogP contribution in [0.1, 0.15) is 29.6 Å². The van der Waals surface area contributed by atoms with Gasteiger partial charge in [-0.15, -0.1) is 11.8 Å². The van der Waals surface area contributed by atoms with E-state index in [4.69, 9.17) is 10.5 Å². The van der Waals surface area contributed by atoms with Gasteiger partial charge in [0, 0.05) is 28.9 Å². The number of nitrogen functional groups attached to an aromatic ring is 1. The molecule has 0 saturated heterocycles. The average molecular weight is 308 g/mol. The molecule has 1 amide bonds. The molecular formula is C15H20N2O3S. The van der Waals surface area contributed by atoms with Crippen molar-refractivity contribution in [1.29, 1.82) is 0 Å². The van der Waals surface area contributed by atoms with E-state index in [9.17, 15) is 9.59 Å². The number of amides is 1. The van der Waals surface area contributed by atoms with Gasteiger partial charge in [-0.1, -0.05) is 0 Å². The molecule has 1 fully saturated rings. The Hall–Kier alpha value is -1.69. The molecule has 1 saturated carbocycles. The van der Waals surface area contributed by atoms with Gasteiger partial charge in [-0.3, -0.25) is 9.59 Å². The van der Waals surface area contributed by atoms with Gasteiger partial charge in [0.1, 0.15) is 0 Å². The lowest BCUT2D eigenvalue weighted by Gasteiger charge is -2.14. The van der Waals surface area contributed by atoms with Gasteiger partial charge in [-0.2, -0.15) is 0 Å². The normalized spacial score (nSPS) is 15.3. The molecule has 1 aliphatic rings. The van der Waals surface area contributed by atoms with Gasteiger partial charge in [-0.05, 0) is 36.5 Å². The second-order valence-electron chi connectivity index (χ2n) is 5.37. The number of nitrogens with two attached hydrogens (primary N) is 1. The van der Waals surface area contributed by atoms with Gasteiger partial charge in [0.05, 0.1) is 13.5 Å². The van der Waals surface area contributed by atoms with Gasteiger partial charge in [0.15, 0.2) is 0 Å². The molecule has 0 heterocycles. The molecule has 3 N–H and O–H groups in total. The first kappa shape index (κ1) is 15.7. The molecule has 5 nitrogen and oxygen atoms in total. The average Bonchev–Trinajstić information content (AvgIpc) is 3.25. The molecule has 0 aliphatic heterocycles. The molecule has 0 radical (unpaired) electrons. The third-order valence-electron chi connectivity index (χ3n) is 3.74. The molecule has 2 rings (SSSR count). The zero-order valence-corrected chi connectivity index (χ0v) is 13.1. The molecular weight excluding hydrogens is 288 g/mol. The fourth-order valence-electron chi connectivity index (χ4n) is 2.10. The Morgan fingerprint density at radius 2 is 2.14 bits per heavy atom. The van der Waals surface area contributed by atoms with Crippen LogP contribution in [0.15, 0.2) is 23.1 Å². The van der Waals surface area contributed by atoms with Crippen LogP contribution in [0.5, 0.6) is 0 Å². The van der Waals surface area contributed by atoms with Crippen molar-refractivity contribution in [2.24, 2.45) is 5.41 Å². The zero-order valence-electron chi connectivity index (χ0n) is 12.3. The van der Waals surface area contributed by atoms with Crippen LogP contribution in [0, 0.1) is 5.41 Å². The number of carbonyl (C=O) groups excluding carboxylic acids is 2. The molecule has 0 aromatic heterocycles. The number of benzene rings is 1. The number of anilines is 1. The second-order valence-corrected chi connectivity index (χ2v) is 6.39. The third kappa shape index (κ3) is 3.91. The lowest BCUT2D eigenvalue weighted by atomic mass is 10.1. The van der Waals surface area contributed by atoms with Crippen LogP contribution in [-0.4, -0.2) is 31.8 Å². The maximum Gasteiger partial charge on any atom is 0.306 e. The van der Waals surface area contributed by atoms with E-state index in [0.717, 1.165) is 23.5 Å². The quantitative estimate of drug-likeness (QED) is 0.477. The van der Waals surface area contributed by atoms with Gasteiger partial charge in [0.2, 0.25) is 0 Å². The predicted molar refractivity (Wildman–Crippen MR) is 83.3 cm³/mol. The maximum atomic E-state index is 11.7. The molecule has 0 bridgehead atoms. The van der Waals surface area contributed by atoms with Crippen LogP contribution in [0.3, 0.4) is 0 Å². The van der Waals surface area contributed by atoms with E-state index in [-0.39, 0.29) is 17.3 Å². The Balaban J connectivity index is 2.03. The number of nitrogens with one attached hydrogen (secondary N) is 1. The maximum absolute atomic E-state index is 11.7. The van der Waals surface area contributed by atoms with E-state index in [1.807, 2.05) is 0 Å². The van der Waals surface area contributed by atoms with Crippen LogP contribution in [0.2, 0.25) is 0 Å². The number of esters is 1. The minimum atomic E-state index is -0.166. The van der Waals surface area contributed by atoms with Crippen LogP contribution >= 0.6 is 11.8 Å². The van der Waals surface area contributed by atoms with E-state index in [1.54, 1.807) is 37.0 Å². The first-order chi connectivity index (χ1) is 9.99. The summed E-state index contributed by atoms with van der Waals surface area (Å²) in [6.07, 6.45) is 2.51. The smallest absolute Gasteiger partial charge is 0.306 e. The fraction of sp³-hybridized carbons (Fsp3) is 0.467. The first-order valence-corrected chi connectivity index (χ1v) is 7.79. The highest BCUT2D eigenvalue weighted by Crippen LogP contribution is 2.52.